The Morgan fingerprint density at radius 3 is 2.34 bits per heavy atom. The largest absolute Gasteiger partial charge is 0.494 e. The van der Waals surface area contributed by atoms with Gasteiger partial charge in [-0.2, -0.15) is 5.26 Å². The van der Waals surface area contributed by atoms with Gasteiger partial charge in [0.1, 0.15) is 0 Å². The Kier molecular flexibility index (Phi) is 5.53. The van der Waals surface area contributed by atoms with Gasteiger partial charge in [0.15, 0.2) is 0 Å². The topological polar surface area (TPSA) is 86.2 Å². The van der Waals surface area contributed by atoms with Gasteiger partial charge in [0.2, 0.25) is 5.88 Å². The third-order valence-electron chi connectivity index (χ3n) is 5.51. The van der Waals surface area contributed by atoms with Crippen LogP contribution in [0.1, 0.15) is 46.5 Å². The number of aromatic hydroxyl groups is 1. The number of allylic oxidation sites excluding steroid dienone is 1. The monoisotopic (exact) mass is 422 g/mol. The maximum Gasteiger partial charge on any atom is 0.335 e. The molecule has 0 saturated carbocycles. The van der Waals surface area contributed by atoms with Crippen molar-refractivity contribution < 1.29 is 15.0 Å². The third kappa shape index (κ3) is 3.75. The molecule has 4 aromatic rings. The summed E-state index contributed by atoms with van der Waals surface area (Å²) < 4.78 is 1.80. The molecule has 5 nitrogen and oxygen atoms in total. The minimum atomic E-state index is -0.984. The van der Waals surface area contributed by atoms with Gasteiger partial charge in [0.05, 0.1) is 34.8 Å². The number of rotatable bonds is 5. The number of para-hydroxylation sites is 1. The van der Waals surface area contributed by atoms with Crippen LogP contribution in [0.25, 0.3) is 16.5 Å². The number of carboxylic acids is 1. The van der Waals surface area contributed by atoms with E-state index in [1.54, 1.807) is 34.9 Å². The summed E-state index contributed by atoms with van der Waals surface area (Å²) in [5, 5.41) is 30.8. The predicted octanol–water partition coefficient (Wildman–Crippen LogP) is 5.81. The molecule has 0 amide bonds. The number of hydrogen-bond donors (Lipinski definition) is 2. The summed E-state index contributed by atoms with van der Waals surface area (Å²) in [5.74, 6) is -0.866. The van der Waals surface area contributed by atoms with E-state index >= 15 is 0 Å². The lowest BCUT2D eigenvalue weighted by molar-refractivity contribution is 0.0696. The second kappa shape index (κ2) is 8.44. The molecule has 3 aromatic carbocycles. The number of nitrogens with zero attached hydrogens (tertiary/aromatic N) is 2. The summed E-state index contributed by atoms with van der Waals surface area (Å²) in [6.45, 7) is 4.32. The third-order valence-corrected chi connectivity index (χ3v) is 5.51. The molecule has 2 N–H and O–H groups in total. The van der Waals surface area contributed by atoms with Crippen molar-refractivity contribution in [2.45, 2.75) is 20.4 Å². The van der Waals surface area contributed by atoms with Crippen molar-refractivity contribution in [1.82, 2.24) is 4.57 Å². The summed E-state index contributed by atoms with van der Waals surface area (Å²) in [4.78, 5) is 11.4. The lowest BCUT2D eigenvalue weighted by Crippen LogP contribution is -2.02. The van der Waals surface area contributed by atoms with E-state index in [0.29, 0.717) is 12.1 Å². The van der Waals surface area contributed by atoms with Gasteiger partial charge in [-0.1, -0.05) is 48.0 Å². The van der Waals surface area contributed by atoms with E-state index in [1.807, 2.05) is 56.3 Å². The molecule has 1 aromatic heterocycles. The number of nitriles is 1. The fraction of sp³-hybridized carbons (Fsp3) is 0.111. The molecule has 0 aliphatic rings. The Bertz CT molecular complexity index is 1400. The first-order valence-corrected chi connectivity index (χ1v) is 10.2. The molecule has 4 rings (SSSR count). The molecule has 0 radical (unpaired) electrons. The maximum absolute atomic E-state index is 11.4. The number of aromatic nitrogens is 1. The highest BCUT2D eigenvalue weighted by Gasteiger charge is 2.22. The Balaban J connectivity index is 1.90. The molecule has 5 heteroatoms. The number of benzene rings is 3. The maximum atomic E-state index is 11.4. The van der Waals surface area contributed by atoms with Gasteiger partial charge >= 0.3 is 5.97 Å². The predicted molar refractivity (Wildman–Crippen MR) is 125 cm³/mol. The normalized spacial score (nSPS) is 10.7. The second-order valence-electron chi connectivity index (χ2n) is 7.87. The van der Waals surface area contributed by atoms with E-state index in [0.717, 1.165) is 38.7 Å². The van der Waals surface area contributed by atoms with Crippen LogP contribution in [0.3, 0.4) is 0 Å². The molecule has 0 unspecified atom stereocenters. The van der Waals surface area contributed by atoms with Crippen molar-refractivity contribution in [3.8, 4) is 11.9 Å². The van der Waals surface area contributed by atoms with Crippen LogP contribution < -0.4 is 0 Å². The van der Waals surface area contributed by atoms with Crippen molar-refractivity contribution in [3.05, 3.63) is 106 Å². The number of hydrogen-bond acceptors (Lipinski definition) is 3. The molecule has 1 heterocycles. The van der Waals surface area contributed by atoms with Gasteiger partial charge < -0.3 is 14.8 Å². The molecular formula is C27H22N2O3. The average Bonchev–Trinajstić information content (AvgIpc) is 3.06. The minimum Gasteiger partial charge on any atom is -0.494 e. The number of carbonyl (C=O) groups is 1. The molecule has 0 aliphatic carbocycles. The van der Waals surface area contributed by atoms with E-state index < -0.39 is 5.97 Å². The number of carboxylic acid groups (broad SMARTS) is 1. The zero-order chi connectivity index (χ0) is 22.8. The Morgan fingerprint density at radius 1 is 0.969 bits per heavy atom. The van der Waals surface area contributed by atoms with Gasteiger partial charge in [0, 0.05) is 5.39 Å². The fourth-order valence-electron chi connectivity index (χ4n) is 4.08. The van der Waals surface area contributed by atoms with Crippen LogP contribution in [0.2, 0.25) is 0 Å². The van der Waals surface area contributed by atoms with Crippen molar-refractivity contribution in [2.75, 3.05) is 0 Å². The Morgan fingerprint density at radius 2 is 1.69 bits per heavy atom. The van der Waals surface area contributed by atoms with Crippen LogP contribution in [0.5, 0.6) is 5.88 Å². The average molecular weight is 422 g/mol. The van der Waals surface area contributed by atoms with Crippen molar-refractivity contribution in [2.24, 2.45) is 0 Å². The molecule has 0 fully saturated rings. The van der Waals surface area contributed by atoms with Crippen LogP contribution in [-0.2, 0) is 6.54 Å². The SMILES string of the molecule is CC(C)=C(c1ccc(C#N)cc1)c1c(O)n(Cc2cccc(C(=O)O)c2)c2ccccc12. The quantitative estimate of drug-likeness (QED) is 0.425. The minimum absolute atomic E-state index is 0.118. The van der Waals surface area contributed by atoms with E-state index in [9.17, 15) is 15.0 Å². The standard InChI is InChI=1S/C27H22N2O3/c1-17(2)24(20-12-10-18(15-28)11-13-20)25-22-8-3-4-9-23(22)29(26(25)30)16-19-6-5-7-21(14-19)27(31)32/h3-14,30H,16H2,1-2H3,(H,31,32). The second-order valence-corrected chi connectivity index (χ2v) is 7.87. The number of fused-ring (bicyclic) bond motifs is 1. The van der Waals surface area contributed by atoms with Crippen LogP contribution in [0.4, 0.5) is 0 Å². The summed E-state index contributed by atoms with van der Waals surface area (Å²) in [6, 6.07) is 24.0. The highest BCUT2D eigenvalue weighted by atomic mass is 16.4. The molecule has 0 spiro atoms. The lowest BCUT2D eigenvalue weighted by atomic mass is 9.93. The van der Waals surface area contributed by atoms with E-state index in [1.165, 1.54) is 0 Å². The molecule has 0 saturated heterocycles. The van der Waals surface area contributed by atoms with Crippen LogP contribution in [0, 0.1) is 11.3 Å². The highest BCUT2D eigenvalue weighted by molar-refractivity contribution is 6.01. The summed E-state index contributed by atoms with van der Waals surface area (Å²) in [7, 11) is 0. The van der Waals surface area contributed by atoms with E-state index in [2.05, 4.69) is 6.07 Å². The first-order valence-electron chi connectivity index (χ1n) is 10.2. The molecule has 0 bridgehead atoms. The van der Waals surface area contributed by atoms with Gasteiger partial charge in [-0.25, -0.2) is 4.79 Å². The lowest BCUT2D eigenvalue weighted by Gasteiger charge is -2.12. The van der Waals surface area contributed by atoms with Gasteiger partial charge in [-0.15, -0.1) is 0 Å². The Labute approximate surface area is 186 Å². The van der Waals surface area contributed by atoms with Crippen LogP contribution >= 0.6 is 0 Å². The fourth-order valence-corrected chi connectivity index (χ4v) is 4.08. The summed E-state index contributed by atoms with van der Waals surface area (Å²) in [6.07, 6.45) is 0. The molecule has 158 valence electrons. The first-order chi connectivity index (χ1) is 15.4. The van der Waals surface area contributed by atoms with Crippen LogP contribution in [-0.4, -0.2) is 20.7 Å². The van der Waals surface area contributed by atoms with Gasteiger partial charge in [-0.3, -0.25) is 0 Å². The molecule has 32 heavy (non-hydrogen) atoms. The highest BCUT2D eigenvalue weighted by Crippen LogP contribution is 2.41. The summed E-state index contributed by atoms with van der Waals surface area (Å²) >= 11 is 0. The zero-order valence-corrected chi connectivity index (χ0v) is 17.8. The van der Waals surface area contributed by atoms with Crippen molar-refractivity contribution in [3.63, 3.8) is 0 Å². The van der Waals surface area contributed by atoms with Crippen molar-refractivity contribution in [1.29, 1.82) is 5.26 Å². The van der Waals surface area contributed by atoms with E-state index in [-0.39, 0.29) is 11.4 Å². The van der Waals surface area contributed by atoms with Crippen molar-refractivity contribution >= 4 is 22.4 Å². The Hall–Kier alpha value is -4.30. The molecular weight excluding hydrogens is 400 g/mol. The van der Waals surface area contributed by atoms with E-state index in [4.69, 9.17) is 5.26 Å². The zero-order valence-electron chi connectivity index (χ0n) is 17.8. The number of aromatic carboxylic acids is 1. The smallest absolute Gasteiger partial charge is 0.335 e. The summed E-state index contributed by atoms with van der Waals surface area (Å²) in [5.41, 5.74) is 5.99. The molecule has 0 aliphatic heterocycles. The first kappa shape index (κ1) is 21.0. The van der Waals surface area contributed by atoms with Gasteiger partial charge in [0.25, 0.3) is 0 Å². The molecule has 0 atom stereocenters. The van der Waals surface area contributed by atoms with Crippen LogP contribution in [0.15, 0.2) is 78.4 Å². The van der Waals surface area contributed by atoms with Gasteiger partial charge in [-0.05, 0) is 60.9 Å².